The van der Waals surface area contributed by atoms with Crippen LogP contribution in [0.25, 0.3) is 11.0 Å². The van der Waals surface area contributed by atoms with Crippen molar-refractivity contribution in [3.63, 3.8) is 0 Å². The highest BCUT2D eigenvalue weighted by molar-refractivity contribution is 7.87. The van der Waals surface area contributed by atoms with Crippen molar-refractivity contribution in [2.75, 3.05) is 5.32 Å². The molecule has 0 aliphatic rings. The van der Waals surface area contributed by atoms with E-state index in [4.69, 9.17) is 15.3 Å². The number of hydrogen-bond donors (Lipinski definition) is 4. The molecule has 0 saturated carbocycles. The number of amidine groups is 1. The molecule has 0 spiro atoms. The predicted octanol–water partition coefficient (Wildman–Crippen LogP) is 5.36. The molecule has 46 heavy (non-hydrogen) atoms. The number of hydrogen-bond acceptors (Lipinski definition) is 6. The number of halogens is 6. The number of alkyl halides is 6. The standard InChI is InChI=1S/C29H25F6N5O5S/c1-3-15-8-17(11-22-14(2)13-45-24(15)22)23(27(42)40-46(37,43)44)38-21-6-4-16(5-7-21)25(36)39-26(41)18-9-19(28(30,31)32)12-20(10-18)29(33,34)35/h4-13,23,38H,3H2,1-2H3,(H,40,42)(H2,36,39,41)(H2,37,43,44). The average molecular weight is 670 g/mol. The number of rotatable bonds is 8. The third-order valence-electron chi connectivity index (χ3n) is 6.73. The van der Waals surface area contributed by atoms with Crippen LogP contribution in [-0.2, 0) is 33.8 Å². The number of aryl methyl sites for hydroxylation is 2. The molecule has 1 unspecified atom stereocenters. The summed E-state index contributed by atoms with van der Waals surface area (Å²) in [5.41, 5.74) is 4.24. The Morgan fingerprint density at radius 2 is 1.52 bits per heavy atom. The molecule has 1 aromatic heterocycles. The highest BCUT2D eigenvalue weighted by Crippen LogP contribution is 2.36. The summed E-state index contributed by atoms with van der Waals surface area (Å²) in [5, 5.41) is 8.61. The van der Waals surface area contributed by atoms with Crippen LogP contribution in [0.3, 0.4) is 0 Å². The summed E-state index contributed by atoms with van der Waals surface area (Å²) in [6.45, 7) is 3.65. The van der Waals surface area contributed by atoms with Gasteiger partial charge in [0.15, 0.2) is 0 Å². The van der Waals surface area contributed by atoms with Crippen molar-refractivity contribution in [1.29, 1.82) is 0 Å². The third kappa shape index (κ3) is 7.84. The number of nitrogens with zero attached hydrogens (tertiary/aromatic N) is 1. The van der Waals surface area contributed by atoms with Crippen molar-refractivity contribution in [2.24, 2.45) is 15.9 Å². The van der Waals surface area contributed by atoms with E-state index in [9.17, 15) is 44.3 Å². The van der Waals surface area contributed by atoms with Crippen molar-refractivity contribution in [3.8, 4) is 0 Å². The molecule has 244 valence electrons. The zero-order valence-corrected chi connectivity index (χ0v) is 24.7. The van der Waals surface area contributed by atoms with Gasteiger partial charge in [-0.25, -0.2) is 9.86 Å². The summed E-state index contributed by atoms with van der Waals surface area (Å²) in [6.07, 6.45) is -8.28. The minimum Gasteiger partial charge on any atom is -0.464 e. The van der Waals surface area contributed by atoms with E-state index in [1.165, 1.54) is 30.5 Å². The van der Waals surface area contributed by atoms with Crippen LogP contribution in [0.1, 0.15) is 56.7 Å². The molecule has 6 N–H and O–H groups in total. The van der Waals surface area contributed by atoms with Gasteiger partial charge in [-0.2, -0.15) is 39.8 Å². The van der Waals surface area contributed by atoms with Gasteiger partial charge in [0.2, 0.25) is 0 Å². The van der Waals surface area contributed by atoms with E-state index in [2.05, 4.69) is 10.3 Å². The van der Waals surface area contributed by atoms with E-state index in [0.29, 0.717) is 23.0 Å². The van der Waals surface area contributed by atoms with Gasteiger partial charge < -0.3 is 15.5 Å². The SMILES string of the molecule is CCc1cc(C(Nc2ccc(C(N)=NC(=O)c3cc(C(F)(F)F)cc(C(F)(F)F)c3)cc2)C(=O)NS(N)(=O)=O)cc2c(C)coc12. The van der Waals surface area contributed by atoms with Gasteiger partial charge in [-0.05, 0) is 84.6 Å². The molecule has 0 aliphatic carbocycles. The van der Waals surface area contributed by atoms with Crippen molar-refractivity contribution >= 4 is 44.5 Å². The van der Waals surface area contributed by atoms with Gasteiger partial charge in [0, 0.05) is 22.2 Å². The van der Waals surface area contributed by atoms with E-state index in [0.717, 1.165) is 11.1 Å². The van der Waals surface area contributed by atoms with E-state index >= 15 is 0 Å². The Kier molecular flexibility index (Phi) is 9.22. The largest absolute Gasteiger partial charge is 0.464 e. The lowest BCUT2D eigenvalue weighted by Crippen LogP contribution is -2.41. The molecular weight excluding hydrogens is 644 g/mol. The Bertz CT molecular complexity index is 1920. The van der Waals surface area contributed by atoms with E-state index in [-0.39, 0.29) is 29.4 Å². The maximum absolute atomic E-state index is 13.2. The van der Waals surface area contributed by atoms with Crippen LogP contribution in [0, 0.1) is 6.92 Å². The summed E-state index contributed by atoms with van der Waals surface area (Å²) < 4.78 is 110. The van der Waals surface area contributed by atoms with Crippen LogP contribution in [0.15, 0.2) is 70.3 Å². The van der Waals surface area contributed by atoms with Crippen LogP contribution in [-0.4, -0.2) is 26.1 Å². The van der Waals surface area contributed by atoms with Gasteiger partial charge in [0.25, 0.3) is 22.0 Å². The first-order valence-electron chi connectivity index (χ1n) is 13.2. The molecule has 3 aromatic carbocycles. The van der Waals surface area contributed by atoms with Gasteiger partial charge in [-0.15, -0.1) is 0 Å². The van der Waals surface area contributed by atoms with Crippen molar-refractivity contribution < 1.29 is 48.8 Å². The monoisotopic (exact) mass is 669 g/mol. The first kappa shape index (κ1) is 34.0. The zero-order valence-electron chi connectivity index (χ0n) is 23.9. The molecular formula is C29H25F6N5O5S. The topological polar surface area (TPSA) is 170 Å². The Morgan fingerprint density at radius 1 is 0.935 bits per heavy atom. The first-order valence-corrected chi connectivity index (χ1v) is 14.7. The van der Waals surface area contributed by atoms with Crippen molar-refractivity contribution in [2.45, 2.75) is 38.7 Å². The number of carbonyl (C=O) groups excluding carboxylic acids is 2. The minimum absolute atomic E-state index is 0.0520. The number of anilines is 1. The summed E-state index contributed by atoms with van der Waals surface area (Å²) in [4.78, 5) is 29.1. The van der Waals surface area contributed by atoms with Crippen LogP contribution in [0.2, 0.25) is 0 Å². The minimum atomic E-state index is -5.17. The fraction of sp³-hybridized carbons (Fsp3) is 0.207. The van der Waals surface area contributed by atoms with Crippen LogP contribution in [0.5, 0.6) is 0 Å². The smallest absolute Gasteiger partial charge is 0.416 e. The second-order valence-corrected chi connectivity index (χ2v) is 11.4. The first-order chi connectivity index (χ1) is 21.3. The molecule has 2 amide bonds. The summed E-state index contributed by atoms with van der Waals surface area (Å²) in [7, 11) is -4.45. The number of nitrogens with two attached hydrogens (primary N) is 2. The second kappa shape index (κ2) is 12.5. The fourth-order valence-corrected chi connectivity index (χ4v) is 4.90. The predicted molar refractivity (Wildman–Crippen MR) is 156 cm³/mol. The number of amides is 2. The third-order valence-corrected chi connectivity index (χ3v) is 7.22. The Morgan fingerprint density at radius 3 is 2.04 bits per heavy atom. The molecule has 4 aromatic rings. The van der Waals surface area contributed by atoms with E-state index in [1.807, 2.05) is 6.92 Å². The molecule has 1 heterocycles. The van der Waals surface area contributed by atoms with Gasteiger partial charge in [-0.1, -0.05) is 6.92 Å². The average Bonchev–Trinajstić information content (AvgIpc) is 3.33. The Balaban J connectivity index is 1.65. The summed E-state index contributed by atoms with van der Waals surface area (Å²) in [5.74, 6) is -2.99. The van der Waals surface area contributed by atoms with Gasteiger partial charge in [-0.3, -0.25) is 9.59 Å². The summed E-state index contributed by atoms with van der Waals surface area (Å²) >= 11 is 0. The molecule has 1 atom stereocenters. The number of aliphatic imine (C=N–C) groups is 1. The highest BCUT2D eigenvalue weighted by Gasteiger charge is 2.37. The molecule has 0 radical (unpaired) electrons. The van der Waals surface area contributed by atoms with E-state index in [1.54, 1.807) is 23.8 Å². The maximum atomic E-state index is 13.2. The van der Waals surface area contributed by atoms with Gasteiger partial charge in [0.1, 0.15) is 17.5 Å². The molecule has 0 bridgehead atoms. The van der Waals surface area contributed by atoms with E-state index < -0.39 is 62.9 Å². The van der Waals surface area contributed by atoms with Crippen LogP contribution < -0.4 is 20.9 Å². The second-order valence-electron chi connectivity index (χ2n) is 10.1. The lowest BCUT2D eigenvalue weighted by Gasteiger charge is -2.20. The molecule has 0 fully saturated rings. The van der Waals surface area contributed by atoms with Crippen LogP contribution >= 0.6 is 0 Å². The Hall–Kier alpha value is -4.90. The van der Waals surface area contributed by atoms with Crippen molar-refractivity contribution in [1.82, 2.24) is 4.72 Å². The fourth-order valence-electron chi connectivity index (χ4n) is 4.51. The highest BCUT2D eigenvalue weighted by atomic mass is 32.2. The van der Waals surface area contributed by atoms with Crippen molar-refractivity contribution in [3.05, 3.63) is 99.8 Å². The number of fused-ring (bicyclic) bond motifs is 1. The summed E-state index contributed by atoms with van der Waals surface area (Å²) in [6, 6.07) is 7.70. The quantitative estimate of drug-likeness (QED) is 0.111. The number of furan rings is 1. The van der Waals surface area contributed by atoms with Crippen LogP contribution in [0.4, 0.5) is 32.0 Å². The molecule has 0 aliphatic heterocycles. The zero-order chi connectivity index (χ0) is 34.2. The molecule has 0 saturated heterocycles. The Labute approximate surface area is 257 Å². The maximum Gasteiger partial charge on any atom is 0.416 e. The number of nitrogens with one attached hydrogen (secondary N) is 2. The molecule has 17 heteroatoms. The number of benzene rings is 3. The van der Waals surface area contributed by atoms with Gasteiger partial charge in [0.05, 0.1) is 17.4 Å². The number of carbonyl (C=O) groups is 2. The normalized spacial score (nSPS) is 13.5. The van der Waals surface area contributed by atoms with Gasteiger partial charge >= 0.3 is 12.4 Å². The lowest BCUT2D eigenvalue weighted by atomic mass is 9.98. The molecule has 4 rings (SSSR count). The lowest BCUT2D eigenvalue weighted by molar-refractivity contribution is -0.143. The molecule has 10 nitrogen and oxygen atoms in total.